The number of hydrogen-bond acceptors (Lipinski definition) is 3. The minimum absolute atomic E-state index is 0.0816. The van der Waals surface area contributed by atoms with Crippen molar-refractivity contribution in [1.82, 2.24) is 9.78 Å². The Morgan fingerprint density at radius 2 is 1.89 bits per heavy atom. The molecule has 108 valence electrons. The molecule has 0 bridgehead atoms. The van der Waals surface area contributed by atoms with E-state index >= 15 is 0 Å². The summed E-state index contributed by atoms with van der Waals surface area (Å²) in [5.41, 5.74) is 0.629. The molecule has 0 fully saturated rings. The first-order chi connectivity index (χ1) is 9.06. The van der Waals surface area contributed by atoms with Crippen molar-refractivity contribution >= 4 is 5.78 Å². The topological polar surface area (TPSA) is 44.1 Å². The van der Waals surface area contributed by atoms with Crippen molar-refractivity contribution < 1.29 is 9.53 Å². The van der Waals surface area contributed by atoms with Crippen LogP contribution in [0.5, 0.6) is 5.75 Å². The van der Waals surface area contributed by atoms with Gasteiger partial charge in [0, 0.05) is 12.0 Å². The quantitative estimate of drug-likeness (QED) is 0.671. The smallest absolute Gasteiger partial charge is 0.187 e. The molecule has 0 atom stereocenters. The van der Waals surface area contributed by atoms with Gasteiger partial charge in [-0.25, -0.2) is 0 Å². The van der Waals surface area contributed by atoms with Crippen molar-refractivity contribution in [3.63, 3.8) is 0 Å². The predicted octanol–water partition coefficient (Wildman–Crippen LogP) is 3.87. The fraction of sp³-hybridized carbons (Fsp3) is 0.733. The average molecular weight is 266 g/mol. The maximum absolute atomic E-state index is 12.8. The van der Waals surface area contributed by atoms with Crippen LogP contribution in [-0.2, 0) is 0 Å². The van der Waals surface area contributed by atoms with Crippen molar-refractivity contribution in [3.8, 4) is 5.75 Å². The van der Waals surface area contributed by atoms with E-state index in [-0.39, 0.29) is 17.7 Å². The zero-order valence-corrected chi connectivity index (χ0v) is 12.8. The predicted molar refractivity (Wildman–Crippen MR) is 76.8 cm³/mol. The Morgan fingerprint density at radius 3 is 2.32 bits per heavy atom. The zero-order chi connectivity index (χ0) is 14.4. The fourth-order valence-corrected chi connectivity index (χ4v) is 2.42. The van der Waals surface area contributed by atoms with E-state index in [9.17, 15) is 4.79 Å². The average Bonchev–Trinajstić information content (AvgIpc) is 2.81. The van der Waals surface area contributed by atoms with Gasteiger partial charge in [0.25, 0.3) is 0 Å². The number of nitrogens with zero attached hydrogens (tertiary/aromatic N) is 2. The molecule has 4 heteroatoms. The number of ketones is 1. The molecule has 1 aromatic heterocycles. The molecule has 0 unspecified atom stereocenters. The van der Waals surface area contributed by atoms with E-state index in [0.717, 1.165) is 25.7 Å². The van der Waals surface area contributed by atoms with Crippen LogP contribution in [0.4, 0.5) is 0 Å². The van der Waals surface area contributed by atoms with E-state index in [1.165, 1.54) is 0 Å². The fourth-order valence-electron chi connectivity index (χ4n) is 2.42. The molecular formula is C15H26N2O2. The normalized spacial score (nSPS) is 11.3. The lowest BCUT2D eigenvalue weighted by molar-refractivity contribution is 0.0888. The summed E-state index contributed by atoms with van der Waals surface area (Å²) in [6, 6.07) is 0.159. The number of Topliss-reactive ketones (excluding diaryl/α,β-unsaturated/α-hetero) is 1. The summed E-state index contributed by atoms with van der Waals surface area (Å²) in [4.78, 5) is 12.8. The highest BCUT2D eigenvalue weighted by Crippen LogP contribution is 2.27. The van der Waals surface area contributed by atoms with Gasteiger partial charge >= 0.3 is 0 Å². The van der Waals surface area contributed by atoms with E-state index in [0.29, 0.717) is 11.4 Å². The highest BCUT2D eigenvalue weighted by atomic mass is 16.5. The van der Waals surface area contributed by atoms with Gasteiger partial charge in [0.1, 0.15) is 5.69 Å². The molecule has 0 aliphatic heterocycles. The van der Waals surface area contributed by atoms with Gasteiger partial charge in [0.15, 0.2) is 11.5 Å². The Morgan fingerprint density at radius 1 is 1.32 bits per heavy atom. The van der Waals surface area contributed by atoms with Crippen LogP contribution in [0.25, 0.3) is 0 Å². The Hall–Kier alpha value is -1.32. The van der Waals surface area contributed by atoms with Crippen molar-refractivity contribution in [2.45, 2.75) is 59.4 Å². The second-order valence-electron chi connectivity index (χ2n) is 5.24. The first-order valence-corrected chi connectivity index (χ1v) is 7.22. The monoisotopic (exact) mass is 266 g/mol. The van der Waals surface area contributed by atoms with Crippen LogP contribution in [0.2, 0.25) is 0 Å². The lowest BCUT2D eigenvalue weighted by Crippen LogP contribution is -2.21. The molecule has 0 aliphatic carbocycles. The highest BCUT2D eigenvalue weighted by Gasteiger charge is 2.26. The molecule has 0 saturated carbocycles. The van der Waals surface area contributed by atoms with Gasteiger partial charge in [-0.3, -0.25) is 9.48 Å². The zero-order valence-electron chi connectivity index (χ0n) is 12.8. The molecule has 1 rings (SSSR count). The number of carbonyl (C=O) groups excluding carboxylic acids is 1. The Balaban J connectivity index is 3.11. The van der Waals surface area contributed by atoms with Gasteiger partial charge in [-0.15, -0.1) is 0 Å². The van der Waals surface area contributed by atoms with Crippen LogP contribution < -0.4 is 4.74 Å². The van der Waals surface area contributed by atoms with Crippen LogP contribution in [0, 0.1) is 5.92 Å². The summed E-state index contributed by atoms with van der Waals surface area (Å²) in [7, 11) is 1.59. The first kappa shape index (κ1) is 15.7. The lowest BCUT2D eigenvalue weighted by atomic mass is 9.91. The van der Waals surface area contributed by atoms with Crippen molar-refractivity contribution in [3.05, 3.63) is 11.9 Å². The maximum Gasteiger partial charge on any atom is 0.187 e. The number of ether oxygens (including phenoxy) is 1. The van der Waals surface area contributed by atoms with Crippen LogP contribution in [0.1, 0.15) is 69.9 Å². The molecule has 0 saturated heterocycles. The number of rotatable bonds is 8. The van der Waals surface area contributed by atoms with Crippen molar-refractivity contribution in [1.29, 1.82) is 0 Å². The third-order valence-corrected chi connectivity index (χ3v) is 3.35. The largest absolute Gasteiger partial charge is 0.493 e. The number of methoxy groups -OCH3 is 1. The molecule has 0 radical (unpaired) electrons. The molecule has 19 heavy (non-hydrogen) atoms. The van der Waals surface area contributed by atoms with E-state index in [4.69, 9.17) is 4.74 Å². The van der Waals surface area contributed by atoms with Crippen LogP contribution in [-0.4, -0.2) is 22.7 Å². The maximum atomic E-state index is 12.8. The van der Waals surface area contributed by atoms with Crippen LogP contribution >= 0.6 is 0 Å². The number of carbonyl (C=O) groups is 1. The summed E-state index contributed by atoms with van der Waals surface area (Å²) in [6.07, 6.45) is 5.55. The summed E-state index contributed by atoms with van der Waals surface area (Å²) in [5, 5.41) is 4.28. The summed E-state index contributed by atoms with van der Waals surface area (Å²) < 4.78 is 7.08. The van der Waals surface area contributed by atoms with Gasteiger partial charge in [-0.1, -0.05) is 26.7 Å². The second kappa shape index (κ2) is 7.31. The van der Waals surface area contributed by atoms with E-state index in [1.807, 2.05) is 13.8 Å². The minimum Gasteiger partial charge on any atom is -0.493 e. The molecular weight excluding hydrogens is 240 g/mol. The first-order valence-electron chi connectivity index (χ1n) is 7.22. The molecule has 0 aliphatic rings. The summed E-state index contributed by atoms with van der Waals surface area (Å²) >= 11 is 0. The summed E-state index contributed by atoms with van der Waals surface area (Å²) in [6.45, 7) is 8.29. The molecule has 0 amide bonds. The third-order valence-electron chi connectivity index (χ3n) is 3.35. The van der Waals surface area contributed by atoms with Crippen molar-refractivity contribution in [2.75, 3.05) is 7.11 Å². The third kappa shape index (κ3) is 3.58. The Bertz CT molecular complexity index is 404. The number of hydrogen-bond donors (Lipinski definition) is 0. The molecule has 0 N–H and O–H groups in total. The van der Waals surface area contributed by atoms with E-state index in [2.05, 4.69) is 18.9 Å². The van der Waals surface area contributed by atoms with Gasteiger partial charge in [0.05, 0.1) is 13.3 Å². The lowest BCUT2D eigenvalue weighted by Gasteiger charge is -2.17. The molecule has 1 heterocycles. The number of aromatic nitrogens is 2. The second-order valence-corrected chi connectivity index (χ2v) is 5.24. The van der Waals surface area contributed by atoms with E-state index < -0.39 is 0 Å². The highest BCUT2D eigenvalue weighted by molar-refractivity contribution is 5.98. The molecule has 4 nitrogen and oxygen atoms in total. The van der Waals surface area contributed by atoms with Crippen LogP contribution in [0.15, 0.2) is 6.20 Å². The van der Waals surface area contributed by atoms with E-state index in [1.54, 1.807) is 18.0 Å². The Labute approximate surface area is 116 Å². The summed E-state index contributed by atoms with van der Waals surface area (Å²) in [5.74, 6) is 0.848. The minimum atomic E-state index is 0.0816. The van der Waals surface area contributed by atoms with Gasteiger partial charge < -0.3 is 4.74 Å². The molecule has 0 spiro atoms. The SMILES string of the molecule is CCCC(CCC)C(=O)c1c(OC)cnn1C(C)C. The standard InChI is InChI=1S/C15H26N2O2/c1-6-8-12(9-7-2)15(18)14-13(19-5)10-16-17(14)11(3)4/h10-12H,6-9H2,1-5H3. The van der Waals surface area contributed by atoms with Gasteiger partial charge in [-0.2, -0.15) is 5.10 Å². The molecule has 0 aromatic carbocycles. The van der Waals surface area contributed by atoms with Crippen molar-refractivity contribution in [2.24, 2.45) is 5.92 Å². The van der Waals surface area contributed by atoms with Gasteiger partial charge in [0.2, 0.25) is 0 Å². The van der Waals surface area contributed by atoms with Gasteiger partial charge in [-0.05, 0) is 26.7 Å². The Kier molecular flexibility index (Phi) is 6.06. The van der Waals surface area contributed by atoms with Crippen LogP contribution in [0.3, 0.4) is 0 Å². The molecule has 1 aromatic rings.